The molecule has 0 amide bonds. The van der Waals surface area contributed by atoms with Crippen molar-refractivity contribution < 1.29 is 9.37 Å². The SMILES string of the molecule is CN(CCC1CCOCC1)c1nc2nonc2nc1N1CCCC1. The number of hydrogen-bond acceptors (Lipinski definition) is 8. The van der Waals surface area contributed by atoms with Gasteiger partial charge in [-0.1, -0.05) is 0 Å². The molecule has 0 saturated carbocycles. The van der Waals surface area contributed by atoms with Crippen LogP contribution in [0.25, 0.3) is 11.3 Å². The van der Waals surface area contributed by atoms with Crippen molar-refractivity contribution in [2.75, 3.05) is 49.7 Å². The summed E-state index contributed by atoms with van der Waals surface area (Å²) in [7, 11) is 2.09. The average molecular weight is 332 g/mol. The van der Waals surface area contributed by atoms with Crippen LogP contribution in [0.2, 0.25) is 0 Å². The quantitative estimate of drug-likeness (QED) is 0.821. The molecule has 0 unspecified atom stereocenters. The molecule has 2 aromatic rings. The topological polar surface area (TPSA) is 80.4 Å². The standard InChI is InChI=1S/C16H24N6O2/c1-21(9-4-12-5-10-23-11-6-12)15-16(22-7-2-3-8-22)18-14-13(17-15)19-24-20-14/h12H,2-11H2,1H3. The van der Waals surface area contributed by atoms with E-state index in [2.05, 4.69) is 37.1 Å². The normalized spacial score (nSPS) is 19.3. The largest absolute Gasteiger partial charge is 0.381 e. The van der Waals surface area contributed by atoms with E-state index in [9.17, 15) is 0 Å². The molecule has 130 valence electrons. The molecule has 0 radical (unpaired) electrons. The summed E-state index contributed by atoms with van der Waals surface area (Å²) in [6.45, 7) is 4.78. The first-order chi connectivity index (χ1) is 11.8. The zero-order valence-corrected chi connectivity index (χ0v) is 14.1. The van der Waals surface area contributed by atoms with Crippen LogP contribution in [0.5, 0.6) is 0 Å². The van der Waals surface area contributed by atoms with Crippen LogP contribution in [-0.4, -0.2) is 60.2 Å². The second-order valence-electron chi connectivity index (χ2n) is 6.74. The number of anilines is 2. The molecule has 0 bridgehead atoms. The van der Waals surface area contributed by atoms with E-state index < -0.39 is 0 Å². The van der Waals surface area contributed by atoms with E-state index in [-0.39, 0.29) is 0 Å². The Kier molecular flexibility index (Phi) is 4.46. The summed E-state index contributed by atoms with van der Waals surface area (Å²) in [5, 5.41) is 7.71. The highest BCUT2D eigenvalue weighted by molar-refractivity contribution is 5.74. The van der Waals surface area contributed by atoms with Crippen LogP contribution in [-0.2, 0) is 4.74 Å². The maximum absolute atomic E-state index is 5.45. The first-order valence-electron chi connectivity index (χ1n) is 8.85. The van der Waals surface area contributed by atoms with Crippen LogP contribution in [0.4, 0.5) is 11.6 Å². The van der Waals surface area contributed by atoms with Gasteiger partial charge in [-0.05, 0) is 48.3 Å². The fraction of sp³-hybridized carbons (Fsp3) is 0.750. The minimum atomic E-state index is 0.478. The maximum Gasteiger partial charge on any atom is 0.245 e. The molecular formula is C16H24N6O2. The number of ether oxygens (including phenoxy) is 1. The van der Waals surface area contributed by atoms with Gasteiger partial charge in [0.05, 0.1) is 0 Å². The van der Waals surface area contributed by atoms with Gasteiger partial charge in [-0.25, -0.2) is 14.6 Å². The Morgan fingerprint density at radius 3 is 2.54 bits per heavy atom. The molecule has 2 fully saturated rings. The van der Waals surface area contributed by atoms with Crippen LogP contribution >= 0.6 is 0 Å². The summed E-state index contributed by atoms with van der Waals surface area (Å²) in [5.41, 5.74) is 0.962. The Labute approximate surface area is 141 Å². The lowest BCUT2D eigenvalue weighted by Crippen LogP contribution is -2.28. The van der Waals surface area contributed by atoms with Gasteiger partial charge in [0.15, 0.2) is 11.6 Å². The van der Waals surface area contributed by atoms with Crippen LogP contribution < -0.4 is 9.80 Å². The molecular weight excluding hydrogens is 308 g/mol. The summed E-state index contributed by atoms with van der Waals surface area (Å²) < 4.78 is 10.2. The molecule has 0 aliphatic carbocycles. The lowest BCUT2D eigenvalue weighted by molar-refractivity contribution is 0.0645. The maximum atomic E-state index is 5.45. The van der Waals surface area contributed by atoms with E-state index in [1.165, 1.54) is 12.8 Å². The van der Waals surface area contributed by atoms with Crippen molar-refractivity contribution in [2.45, 2.75) is 32.1 Å². The van der Waals surface area contributed by atoms with E-state index in [0.29, 0.717) is 11.3 Å². The highest BCUT2D eigenvalue weighted by Crippen LogP contribution is 2.30. The zero-order valence-electron chi connectivity index (χ0n) is 14.1. The summed E-state index contributed by atoms with van der Waals surface area (Å²) in [6.07, 6.45) is 5.86. The summed E-state index contributed by atoms with van der Waals surface area (Å²) >= 11 is 0. The molecule has 2 aromatic heterocycles. The molecule has 0 N–H and O–H groups in total. The molecule has 0 aromatic carbocycles. The molecule has 4 rings (SSSR count). The first-order valence-corrected chi connectivity index (χ1v) is 8.85. The Balaban J connectivity index is 1.54. The lowest BCUT2D eigenvalue weighted by Gasteiger charge is -2.27. The van der Waals surface area contributed by atoms with E-state index in [0.717, 1.165) is 69.7 Å². The Bertz CT molecular complexity index is 678. The number of aromatic nitrogens is 4. The van der Waals surface area contributed by atoms with Crippen LogP contribution in [0, 0.1) is 5.92 Å². The van der Waals surface area contributed by atoms with E-state index in [1.54, 1.807) is 0 Å². The Morgan fingerprint density at radius 2 is 1.79 bits per heavy atom. The monoisotopic (exact) mass is 332 g/mol. The fourth-order valence-electron chi connectivity index (χ4n) is 3.54. The predicted octanol–water partition coefficient (Wildman–Crippen LogP) is 1.87. The third kappa shape index (κ3) is 3.15. The van der Waals surface area contributed by atoms with Gasteiger partial charge >= 0.3 is 0 Å². The molecule has 2 aliphatic rings. The Morgan fingerprint density at radius 1 is 1.08 bits per heavy atom. The van der Waals surface area contributed by atoms with Gasteiger partial charge in [-0.15, -0.1) is 0 Å². The van der Waals surface area contributed by atoms with Gasteiger partial charge in [-0.3, -0.25) is 0 Å². The number of rotatable bonds is 5. The minimum Gasteiger partial charge on any atom is -0.381 e. The smallest absolute Gasteiger partial charge is 0.245 e. The molecule has 8 nitrogen and oxygen atoms in total. The molecule has 0 atom stereocenters. The zero-order chi connectivity index (χ0) is 16.4. The number of fused-ring (bicyclic) bond motifs is 1. The van der Waals surface area contributed by atoms with Crippen LogP contribution in [0.15, 0.2) is 4.63 Å². The van der Waals surface area contributed by atoms with Crippen molar-refractivity contribution in [1.82, 2.24) is 20.3 Å². The first kappa shape index (κ1) is 15.6. The van der Waals surface area contributed by atoms with Gasteiger partial charge in [0.1, 0.15) is 0 Å². The summed E-state index contributed by atoms with van der Waals surface area (Å²) in [4.78, 5) is 13.8. The summed E-state index contributed by atoms with van der Waals surface area (Å²) in [6, 6.07) is 0. The van der Waals surface area contributed by atoms with E-state index in [4.69, 9.17) is 9.37 Å². The lowest BCUT2D eigenvalue weighted by atomic mass is 9.96. The van der Waals surface area contributed by atoms with Gasteiger partial charge in [0.25, 0.3) is 0 Å². The minimum absolute atomic E-state index is 0.478. The molecule has 2 saturated heterocycles. The Hall–Kier alpha value is -1.96. The molecule has 4 heterocycles. The average Bonchev–Trinajstić information content (AvgIpc) is 3.30. The van der Waals surface area contributed by atoms with Crippen molar-refractivity contribution in [2.24, 2.45) is 5.92 Å². The van der Waals surface area contributed by atoms with Crippen molar-refractivity contribution in [3.05, 3.63) is 0 Å². The van der Waals surface area contributed by atoms with Gasteiger partial charge in [0, 0.05) is 39.9 Å². The molecule has 2 aliphatic heterocycles. The third-order valence-electron chi connectivity index (χ3n) is 5.06. The highest BCUT2D eigenvalue weighted by Gasteiger charge is 2.24. The van der Waals surface area contributed by atoms with Gasteiger partial charge < -0.3 is 14.5 Å². The summed E-state index contributed by atoms with van der Waals surface area (Å²) in [5.74, 6) is 2.53. The highest BCUT2D eigenvalue weighted by atomic mass is 16.6. The third-order valence-corrected chi connectivity index (χ3v) is 5.06. The molecule has 0 spiro atoms. The van der Waals surface area contributed by atoms with Crippen molar-refractivity contribution >= 4 is 22.9 Å². The van der Waals surface area contributed by atoms with Crippen molar-refractivity contribution in [3.8, 4) is 0 Å². The molecule has 24 heavy (non-hydrogen) atoms. The van der Waals surface area contributed by atoms with Crippen molar-refractivity contribution in [3.63, 3.8) is 0 Å². The fourth-order valence-corrected chi connectivity index (χ4v) is 3.54. The second-order valence-corrected chi connectivity index (χ2v) is 6.74. The van der Waals surface area contributed by atoms with E-state index >= 15 is 0 Å². The van der Waals surface area contributed by atoms with Gasteiger partial charge in [-0.2, -0.15) is 0 Å². The number of hydrogen-bond donors (Lipinski definition) is 0. The predicted molar refractivity (Wildman–Crippen MR) is 90.3 cm³/mol. The number of nitrogens with zero attached hydrogens (tertiary/aromatic N) is 6. The van der Waals surface area contributed by atoms with E-state index in [1.807, 2.05) is 0 Å². The second kappa shape index (κ2) is 6.88. The van der Waals surface area contributed by atoms with Crippen LogP contribution in [0.3, 0.4) is 0 Å². The molecule has 8 heteroatoms. The van der Waals surface area contributed by atoms with Crippen molar-refractivity contribution in [1.29, 1.82) is 0 Å². The van der Waals surface area contributed by atoms with Crippen LogP contribution in [0.1, 0.15) is 32.1 Å². The van der Waals surface area contributed by atoms with Gasteiger partial charge in [0.2, 0.25) is 11.3 Å².